The highest BCUT2D eigenvalue weighted by Gasteiger charge is 2.50. The van der Waals surface area contributed by atoms with E-state index < -0.39 is 86.8 Å². The molecule has 9 N–H and O–H groups in total. The van der Waals surface area contributed by atoms with Gasteiger partial charge in [-0.15, -0.1) is 0 Å². The van der Waals surface area contributed by atoms with Crippen LogP contribution in [0, 0.1) is 0 Å². The standard InChI is InChI=1S/C44H79NO13/c1-3-5-7-9-11-13-15-16-18-19-21-23-25-27-33(48)32(45-36(49)28-26-24-22-20-17-14-12-10-8-6-4-2)31-55-43-41(54)39(52)42(35(30-47)57-43)58-44-40(53)38(51)37(50)34(29-46)56-44/h11,13,18-19,25,27,32-35,37-44,46-48,50-54H,3-10,12,14-17,20-24,26,28-31H2,1-2H3,(H,45,49)/b13-11+,19-18+,27-25+. The molecule has 2 heterocycles. The Morgan fingerprint density at radius 2 is 1.10 bits per heavy atom. The Labute approximate surface area is 347 Å². The first-order chi connectivity index (χ1) is 28.1. The summed E-state index contributed by atoms with van der Waals surface area (Å²) in [5.41, 5.74) is 0. The van der Waals surface area contributed by atoms with E-state index in [4.69, 9.17) is 18.9 Å². The molecule has 338 valence electrons. The van der Waals surface area contributed by atoms with E-state index in [1.807, 2.05) is 6.08 Å². The molecule has 0 aromatic rings. The number of hydrogen-bond acceptors (Lipinski definition) is 13. The molecule has 0 aliphatic carbocycles. The molecule has 0 saturated carbocycles. The molecule has 0 aromatic heterocycles. The lowest BCUT2D eigenvalue weighted by Gasteiger charge is -2.46. The fraction of sp³-hybridized carbons (Fsp3) is 0.841. The molecule has 14 heteroatoms. The predicted molar refractivity (Wildman–Crippen MR) is 221 cm³/mol. The number of unbranched alkanes of at least 4 members (excludes halogenated alkanes) is 15. The van der Waals surface area contributed by atoms with Crippen molar-refractivity contribution in [3.8, 4) is 0 Å². The molecule has 1 amide bonds. The van der Waals surface area contributed by atoms with Crippen molar-refractivity contribution < 1.29 is 64.6 Å². The van der Waals surface area contributed by atoms with Crippen LogP contribution in [0.4, 0.5) is 0 Å². The Bertz CT molecular complexity index is 1120. The highest BCUT2D eigenvalue weighted by atomic mass is 16.7. The number of aliphatic hydroxyl groups is 8. The first kappa shape index (κ1) is 52.3. The first-order valence-corrected chi connectivity index (χ1v) is 22.2. The predicted octanol–water partition coefficient (Wildman–Crippen LogP) is 3.98. The van der Waals surface area contributed by atoms with Gasteiger partial charge in [-0.25, -0.2) is 0 Å². The van der Waals surface area contributed by atoms with Gasteiger partial charge in [-0.2, -0.15) is 0 Å². The van der Waals surface area contributed by atoms with Crippen molar-refractivity contribution in [1.29, 1.82) is 0 Å². The molecule has 12 unspecified atom stereocenters. The van der Waals surface area contributed by atoms with E-state index in [9.17, 15) is 45.6 Å². The Balaban J connectivity index is 1.95. The van der Waals surface area contributed by atoms with E-state index in [1.54, 1.807) is 6.08 Å². The molecule has 58 heavy (non-hydrogen) atoms. The van der Waals surface area contributed by atoms with E-state index >= 15 is 0 Å². The van der Waals surface area contributed by atoms with Gasteiger partial charge in [-0.1, -0.05) is 127 Å². The largest absolute Gasteiger partial charge is 0.394 e. The molecule has 2 aliphatic rings. The van der Waals surface area contributed by atoms with Crippen LogP contribution >= 0.6 is 0 Å². The quantitative estimate of drug-likeness (QED) is 0.0346. The topological polar surface area (TPSA) is 228 Å². The molecular formula is C44H79NO13. The fourth-order valence-corrected chi connectivity index (χ4v) is 7.08. The molecule has 2 aliphatic heterocycles. The third-order valence-electron chi connectivity index (χ3n) is 10.8. The maximum atomic E-state index is 13.1. The highest BCUT2D eigenvalue weighted by Crippen LogP contribution is 2.30. The van der Waals surface area contributed by atoms with Gasteiger partial charge < -0.3 is 65.1 Å². The van der Waals surface area contributed by atoms with Crippen LogP contribution < -0.4 is 5.32 Å². The fourth-order valence-electron chi connectivity index (χ4n) is 7.08. The van der Waals surface area contributed by atoms with Crippen LogP contribution in [0.3, 0.4) is 0 Å². The summed E-state index contributed by atoms with van der Waals surface area (Å²) in [7, 11) is 0. The third kappa shape index (κ3) is 20.2. The number of aliphatic hydroxyl groups excluding tert-OH is 8. The van der Waals surface area contributed by atoms with Gasteiger partial charge in [0.2, 0.25) is 5.91 Å². The number of carbonyl (C=O) groups is 1. The Kier molecular flexibility index (Phi) is 28.9. The minimum Gasteiger partial charge on any atom is -0.394 e. The summed E-state index contributed by atoms with van der Waals surface area (Å²) in [6.45, 7) is 2.68. The summed E-state index contributed by atoms with van der Waals surface area (Å²) in [6, 6.07) is -0.931. The Hall–Kier alpha value is -1.79. The second-order valence-corrected chi connectivity index (χ2v) is 15.8. The number of rotatable bonds is 32. The van der Waals surface area contributed by atoms with Crippen molar-refractivity contribution in [2.45, 2.75) is 216 Å². The summed E-state index contributed by atoms with van der Waals surface area (Å²) in [5.74, 6) is -0.259. The molecule has 12 atom stereocenters. The number of ether oxygens (including phenoxy) is 4. The lowest BCUT2D eigenvalue weighted by atomic mass is 9.97. The normalized spacial score (nSPS) is 29.1. The molecule has 14 nitrogen and oxygen atoms in total. The summed E-state index contributed by atoms with van der Waals surface area (Å²) in [4.78, 5) is 13.1. The monoisotopic (exact) mass is 830 g/mol. The van der Waals surface area contributed by atoms with Crippen LogP contribution in [-0.2, 0) is 23.7 Å². The van der Waals surface area contributed by atoms with E-state index in [0.29, 0.717) is 12.8 Å². The maximum absolute atomic E-state index is 13.1. The van der Waals surface area contributed by atoms with Gasteiger partial charge in [-0.3, -0.25) is 4.79 Å². The van der Waals surface area contributed by atoms with Gasteiger partial charge in [0.15, 0.2) is 12.6 Å². The summed E-state index contributed by atoms with van der Waals surface area (Å²) < 4.78 is 22.6. The van der Waals surface area contributed by atoms with Crippen LogP contribution in [0.5, 0.6) is 0 Å². The summed E-state index contributed by atoms with van der Waals surface area (Å²) >= 11 is 0. The Morgan fingerprint density at radius 1 is 0.603 bits per heavy atom. The molecule has 0 aromatic carbocycles. The molecule has 2 rings (SSSR count). The molecular weight excluding hydrogens is 750 g/mol. The van der Waals surface area contributed by atoms with Crippen LogP contribution in [0.1, 0.15) is 142 Å². The van der Waals surface area contributed by atoms with Crippen molar-refractivity contribution >= 4 is 5.91 Å². The molecule has 0 bridgehead atoms. The average molecular weight is 830 g/mol. The van der Waals surface area contributed by atoms with Crippen LogP contribution in [-0.4, -0.2) is 140 Å². The summed E-state index contributed by atoms with van der Waals surface area (Å²) in [6.07, 6.45) is 16.3. The highest BCUT2D eigenvalue weighted by molar-refractivity contribution is 5.76. The van der Waals surface area contributed by atoms with Gasteiger partial charge in [0.25, 0.3) is 0 Å². The van der Waals surface area contributed by atoms with Crippen LogP contribution in [0.15, 0.2) is 36.5 Å². The van der Waals surface area contributed by atoms with Crippen molar-refractivity contribution in [3.63, 3.8) is 0 Å². The lowest BCUT2D eigenvalue weighted by Crippen LogP contribution is -2.65. The van der Waals surface area contributed by atoms with Gasteiger partial charge in [0.05, 0.1) is 32.0 Å². The van der Waals surface area contributed by atoms with Gasteiger partial charge in [0.1, 0.15) is 48.8 Å². The maximum Gasteiger partial charge on any atom is 0.220 e. The molecule has 0 spiro atoms. The number of amides is 1. The lowest BCUT2D eigenvalue weighted by molar-refractivity contribution is -0.359. The minimum absolute atomic E-state index is 0.259. The molecule has 0 radical (unpaired) electrons. The van der Waals surface area contributed by atoms with Gasteiger partial charge in [0, 0.05) is 6.42 Å². The van der Waals surface area contributed by atoms with Crippen molar-refractivity contribution in [3.05, 3.63) is 36.5 Å². The number of nitrogens with one attached hydrogen (secondary N) is 1. The SMILES string of the molecule is CCCCC/C=C/CC/C=C/CC/C=C/C(O)C(COC1OC(CO)C(OC2OC(CO)C(O)C(O)C2O)C(O)C1O)NC(=O)CCCCCCCCCCCCC. The van der Waals surface area contributed by atoms with Gasteiger partial charge in [-0.05, 0) is 44.9 Å². The van der Waals surface area contributed by atoms with E-state index in [0.717, 1.165) is 44.9 Å². The summed E-state index contributed by atoms with van der Waals surface area (Å²) in [5, 5.41) is 86.3. The molecule has 2 saturated heterocycles. The van der Waals surface area contributed by atoms with E-state index in [1.165, 1.54) is 64.2 Å². The number of hydrogen-bond donors (Lipinski definition) is 9. The number of allylic oxidation sites excluding steroid dienone is 5. The molecule has 2 fully saturated rings. The zero-order valence-electron chi connectivity index (χ0n) is 35.3. The van der Waals surface area contributed by atoms with E-state index in [-0.39, 0.29) is 18.9 Å². The Morgan fingerprint density at radius 3 is 1.69 bits per heavy atom. The first-order valence-electron chi connectivity index (χ1n) is 22.2. The van der Waals surface area contributed by atoms with Crippen molar-refractivity contribution in [2.75, 3.05) is 19.8 Å². The minimum atomic E-state index is -1.79. The van der Waals surface area contributed by atoms with Crippen LogP contribution in [0.2, 0.25) is 0 Å². The van der Waals surface area contributed by atoms with Crippen molar-refractivity contribution in [1.82, 2.24) is 5.32 Å². The smallest absolute Gasteiger partial charge is 0.220 e. The third-order valence-corrected chi connectivity index (χ3v) is 10.8. The second-order valence-electron chi connectivity index (χ2n) is 15.8. The number of carbonyl (C=O) groups excluding carboxylic acids is 1. The zero-order chi connectivity index (χ0) is 42.5. The van der Waals surface area contributed by atoms with Crippen molar-refractivity contribution in [2.24, 2.45) is 0 Å². The average Bonchev–Trinajstić information content (AvgIpc) is 3.22. The van der Waals surface area contributed by atoms with E-state index in [2.05, 4.69) is 43.5 Å². The second kappa shape index (κ2) is 32.0. The zero-order valence-corrected chi connectivity index (χ0v) is 35.3. The van der Waals surface area contributed by atoms with Gasteiger partial charge >= 0.3 is 0 Å². The van der Waals surface area contributed by atoms with Crippen LogP contribution in [0.25, 0.3) is 0 Å².